The summed E-state index contributed by atoms with van der Waals surface area (Å²) in [5.74, 6) is -2.89. The Kier molecular flexibility index (Phi) is 9.33. The molecule has 10 nitrogen and oxygen atoms in total. The van der Waals surface area contributed by atoms with Gasteiger partial charge < -0.3 is 29.9 Å². The van der Waals surface area contributed by atoms with E-state index in [9.17, 15) is 38.9 Å². The second kappa shape index (κ2) is 11.5. The van der Waals surface area contributed by atoms with E-state index >= 15 is 0 Å². The van der Waals surface area contributed by atoms with Crippen molar-refractivity contribution in [1.29, 1.82) is 0 Å². The van der Waals surface area contributed by atoms with Crippen molar-refractivity contribution < 1.29 is 38.9 Å². The van der Waals surface area contributed by atoms with Crippen LogP contribution in [0.1, 0.15) is 38.6 Å². The lowest BCUT2D eigenvalue weighted by molar-refractivity contribution is -0.141. The number of hydrogen-bond donors (Lipinski definition) is 5. The topological polar surface area (TPSA) is 166 Å². The number of unbranched alkanes of at least 4 members (excludes halogenated alkanes) is 1. The summed E-state index contributed by atoms with van der Waals surface area (Å²) in [4.78, 5) is 53.9. The molecule has 0 fully saturated rings. The third kappa shape index (κ3) is 7.37. The molecular formula is C20H27N2O8PS. The molecule has 2 atom stereocenters. The predicted octanol–water partition coefficient (Wildman–Crippen LogP) is 2.69. The van der Waals surface area contributed by atoms with E-state index < -0.39 is 37.8 Å². The minimum Gasteiger partial charge on any atom is -0.480 e. The molecule has 176 valence electrons. The molecule has 1 unspecified atom stereocenters. The van der Waals surface area contributed by atoms with Crippen LogP contribution >= 0.6 is 19.4 Å². The molecule has 1 aromatic carbocycles. The fourth-order valence-corrected chi connectivity index (χ4v) is 4.95. The highest BCUT2D eigenvalue weighted by molar-refractivity contribution is 7.99. The molecule has 0 saturated carbocycles. The van der Waals surface area contributed by atoms with Crippen molar-refractivity contribution in [2.24, 2.45) is 0 Å². The lowest BCUT2D eigenvalue weighted by atomic mass is 10.2. The zero-order chi connectivity index (χ0) is 23.9. The van der Waals surface area contributed by atoms with Crippen molar-refractivity contribution >= 4 is 48.0 Å². The average molecular weight is 486 g/mol. The maximum atomic E-state index is 12.0. The van der Waals surface area contributed by atoms with E-state index in [1.165, 1.54) is 4.57 Å². The van der Waals surface area contributed by atoms with Gasteiger partial charge in [0.25, 0.3) is 0 Å². The van der Waals surface area contributed by atoms with Crippen LogP contribution in [0.3, 0.4) is 0 Å². The SMILES string of the molecule is CCCCC(=O)N[C@@H](CSc1c2ccccc2cn1C(CCP(=O)(O)O)C(=O)O)C(=O)O. The van der Waals surface area contributed by atoms with Crippen molar-refractivity contribution in [2.45, 2.75) is 49.7 Å². The molecule has 0 spiro atoms. The largest absolute Gasteiger partial charge is 0.480 e. The number of carboxylic acid groups (broad SMARTS) is 2. The van der Waals surface area contributed by atoms with Gasteiger partial charge in [0.2, 0.25) is 5.91 Å². The molecule has 0 aliphatic heterocycles. The van der Waals surface area contributed by atoms with Crippen molar-refractivity contribution in [2.75, 3.05) is 11.9 Å². The van der Waals surface area contributed by atoms with Crippen molar-refractivity contribution in [3.63, 3.8) is 0 Å². The quantitative estimate of drug-likeness (QED) is 0.211. The van der Waals surface area contributed by atoms with Gasteiger partial charge in [-0.2, -0.15) is 0 Å². The summed E-state index contributed by atoms with van der Waals surface area (Å²) in [7, 11) is -4.41. The van der Waals surface area contributed by atoms with Crippen LogP contribution in [0, 0.1) is 0 Å². The molecular weight excluding hydrogens is 459 g/mol. The van der Waals surface area contributed by atoms with Crippen LogP contribution in [0.2, 0.25) is 0 Å². The standard InChI is InChI=1S/C20H27N2O8PS/c1-2-3-8-17(23)21-15(19(24)25)12-32-18-14-7-5-4-6-13(14)11-22(18)16(20(26)27)9-10-31(28,29)30/h4-7,11,15-16H,2-3,8-10,12H2,1H3,(H,21,23)(H,24,25)(H,26,27)(H2,28,29,30)/t15-,16?/m0/s1. The molecule has 0 aliphatic rings. The molecule has 0 aliphatic carbocycles. The monoisotopic (exact) mass is 486 g/mol. The minimum absolute atomic E-state index is 0.0496. The van der Waals surface area contributed by atoms with E-state index in [0.29, 0.717) is 22.2 Å². The van der Waals surface area contributed by atoms with Gasteiger partial charge in [-0.3, -0.25) is 9.36 Å². The first-order chi connectivity index (χ1) is 15.0. The van der Waals surface area contributed by atoms with E-state index in [1.54, 1.807) is 30.5 Å². The zero-order valence-corrected chi connectivity index (χ0v) is 19.2. The molecule has 1 amide bonds. The van der Waals surface area contributed by atoms with Crippen molar-refractivity contribution in [3.05, 3.63) is 30.5 Å². The number of hydrogen-bond acceptors (Lipinski definition) is 5. The van der Waals surface area contributed by atoms with Gasteiger partial charge in [0.05, 0.1) is 11.2 Å². The molecule has 2 rings (SSSR count). The Hall–Kier alpha value is -2.33. The summed E-state index contributed by atoms with van der Waals surface area (Å²) in [6.07, 6.45) is 2.32. The molecule has 1 heterocycles. The Morgan fingerprint density at radius 2 is 1.84 bits per heavy atom. The number of nitrogens with zero attached hydrogens (tertiary/aromatic N) is 1. The van der Waals surface area contributed by atoms with Gasteiger partial charge in [-0.15, -0.1) is 11.8 Å². The Morgan fingerprint density at radius 1 is 1.16 bits per heavy atom. The maximum absolute atomic E-state index is 12.0. The van der Waals surface area contributed by atoms with Gasteiger partial charge in [-0.25, -0.2) is 9.59 Å². The van der Waals surface area contributed by atoms with E-state index in [1.807, 2.05) is 6.92 Å². The predicted molar refractivity (Wildman–Crippen MR) is 120 cm³/mol. The molecule has 5 N–H and O–H groups in total. The number of aliphatic carboxylic acids is 2. The smallest absolute Gasteiger partial charge is 0.327 e. The second-order valence-corrected chi connectivity index (χ2v) is 10.1. The Balaban J connectivity index is 2.33. The molecule has 12 heteroatoms. The van der Waals surface area contributed by atoms with Gasteiger partial charge in [0, 0.05) is 29.1 Å². The summed E-state index contributed by atoms with van der Waals surface area (Å²) >= 11 is 1.07. The van der Waals surface area contributed by atoms with E-state index in [4.69, 9.17) is 0 Å². The van der Waals surface area contributed by atoms with Crippen LogP contribution in [-0.4, -0.2) is 60.4 Å². The Morgan fingerprint density at radius 3 is 2.44 bits per heavy atom. The molecule has 2 aromatic rings. The van der Waals surface area contributed by atoms with E-state index in [0.717, 1.165) is 18.2 Å². The molecule has 0 radical (unpaired) electrons. The number of carboxylic acids is 2. The summed E-state index contributed by atoms with van der Waals surface area (Å²) in [6.45, 7) is 1.92. The van der Waals surface area contributed by atoms with Gasteiger partial charge in [0.15, 0.2) is 0 Å². The summed E-state index contributed by atoms with van der Waals surface area (Å²) in [5, 5.41) is 23.5. The maximum Gasteiger partial charge on any atom is 0.327 e. The first-order valence-corrected chi connectivity index (χ1v) is 12.8. The van der Waals surface area contributed by atoms with Gasteiger partial charge >= 0.3 is 19.5 Å². The van der Waals surface area contributed by atoms with Crippen LogP contribution in [0.15, 0.2) is 35.5 Å². The van der Waals surface area contributed by atoms with Crippen LogP contribution in [0.4, 0.5) is 0 Å². The number of fused-ring (bicyclic) bond motifs is 1. The van der Waals surface area contributed by atoms with Crippen LogP contribution in [-0.2, 0) is 18.9 Å². The summed E-state index contributed by atoms with van der Waals surface area (Å²) in [5.41, 5.74) is 0. The average Bonchev–Trinajstić information content (AvgIpc) is 3.06. The van der Waals surface area contributed by atoms with Gasteiger partial charge in [-0.05, 0) is 12.8 Å². The van der Waals surface area contributed by atoms with E-state index in [-0.39, 0.29) is 24.5 Å². The number of aromatic nitrogens is 1. The first kappa shape index (κ1) is 25.9. The first-order valence-electron chi connectivity index (χ1n) is 10.1. The van der Waals surface area contributed by atoms with Crippen LogP contribution in [0.25, 0.3) is 10.8 Å². The highest BCUT2D eigenvalue weighted by Gasteiger charge is 2.28. The normalized spacial score (nSPS) is 13.6. The number of benzene rings is 1. The lowest BCUT2D eigenvalue weighted by Crippen LogP contribution is -2.42. The summed E-state index contributed by atoms with van der Waals surface area (Å²) < 4.78 is 12.7. The van der Waals surface area contributed by atoms with Gasteiger partial charge in [0.1, 0.15) is 12.1 Å². The summed E-state index contributed by atoms with van der Waals surface area (Å²) in [6, 6.07) is 4.61. The van der Waals surface area contributed by atoms with Gasteiger partial charge in [-0.1, -0.05) is 37.6 Å². The highest BCUT2D eigenvalue weighted by atomic mass is 32.2. The third-order valence-corrected chi connectivity index (χ3v) is 6.84. The second-order valence-electron chi connectivity index (χ2n) is 7.33. The number of amides is 1. The minimum atomic E-state index is -4.41. The number of carbonyl (C=O) groups is 3. The van der Waals surface area contributed by atoms with Crippen molar-refractivity contribution in [1.82, 2.24) is 9.88 Å². The molecule has 0 bridgehead atoms. The van der Waals surface area contributed by atoms with Crippen molar-refractivity contribution in [3.8, 4) is 0 Å². The Bertz CT molecular complexity index is 1020. The fourth-order valence-electron chi connectivity index (χ4n) is 3.15. The number of thioether (sulfide) groups is 1. The zero-order valence-electron chi connectivity index (χ0n) is 17.5. The van der Waals surface area contributed by atoms with Crippen LogP contribution < -0.4 is 5.32 Å². The molecule has 1 aromatic heterocycles. The number of rotatable bonds is 13. The molecule has 32 heavy (non-hydrogen) atoms. The third-order valence-electron chi connectivity index (χ3n) is 4.80. The lowest BCUT2D eigenvalue weighted by Gasteiger charge is -2.19. The van der Waals surface area contributed by atoms with E-state index in [2.05, 4.69) is 5.32 Å². The Labute approximate surface area is 189 Å². The molecule has 0 saturated heterocycles. The fraction of sp³-hybridized carbons (Fsp3) is 0.450. The highest BCUT2D eigenvalue weighted by Crippen LogP contribution is 2.39. The number of nitrogens with one attached hydrogen (secondary N) is 1. The number of carbonyl (C=O) groups excluding carboxylic acids is 1. The van der Waals surface area contributed by atoms with Crippen LogP contribution in [0.5, 0.6) is 0 Å².